The third-order valence-corrected chi connectivity index (χ3v) is 11.2. The molecule has 4 heteroatoms. The Kier molecular flexibility index (Phi) is 7.52. The van der Waals surface area contributed by atoms with E-state index in [-0.39, 0.29) is 0 Å². The first-order valence-electron chi connectivity index (χ1n) is 19.1. The van der Waals surface area contributed by atoms with Crippen molar-refractivity contribution >= 4 is 54.1 Å². The lowest BCUT2D eigenvalue weighted by Crippen LogP contribution is -1.97. The number of fused-ring (bicyclic) bond motifs is 8. The van der Waals surface area contributed by atoms with Crippen LogP contribution in [-0.4, -0.2) is 14.5 Å². The van der Waals surface area contributed by atoms with E-state index >= 15 is 0 Å². The maximum atomic E-state index is 9.82. The Balaban J connectivity index is 1.18. The fourth-order valence-corrected chi connectivity index (χ4v) is 8.57. The summed E-state index contributed by atoms with van der Waals surface area (Å²) in [4.78, 5) is 10.5. The minimum absolute atomic E-state index is 0.642. The van der Waals surface area contributed by atoms with Crippen LogP contribution in [0.3, 0.4) is 0 Å². The topological polar surface area (TPSA) is 54.5 Å². The summed E-state index contributed by atoms with van der Waals surface area (Å²) in [5.74, 6) is 0.695. The van der Waals surface area contributed by atoms with Gasteiger partial charge in [-0.1, -0.05) is 146 Å². The molecule has 0 saturated carbocycles. The van der Waals surface area contributed by atoms with Crippen LogP contribution in [0.2, 0.25) is 0 Å². The predicted octanol–water partition coefficient (Wildman–Crippen LogP) is 13.6. The quantitative estimate of drug-likeness (QED) is 0.166. The van der Waals surface area contributed by atoms with Gasteiger partial charge in [-0.05, 0) is 92.0 Å². The molecule has 0 aliphatic rings. The van der Waals surface area contributed by atoms with Gasteiger partial charge in [0.15, 0.2) is 5.82 Å². The average Bonchev–Trinajstić information content (AvgIpc) is 3.62. The molecule has 264 valence electrons. The average molecular weight is 725 g/mol. The first-order chi connectivity index (χ1) is 28.2. The van der Waals surface area contributed by atoms with Crippen LogP contribution in [0.4, 0.5) is 0 Å². The fraction of sp³-hybridized carbons (Fsp3) is 0. The van der Waals surface area contributed by atoms with E-state index in [4.69, 9.17) is 9.97 Å². The van der Waals surface area contributed by atoms with Gasteiger partial charge in [0.1, 0.15) is 0 Å². The van der Waals surface area contributed by atoms with Crippen molar-refractivity contribution in [3.05, 3.63) is 200 Å². The molecule has 57 heavy (non-hydrogen) atoms. The van der Waals surface area contributed by atoms with Crippen molar-refractivity contribution in [2.45, 2.75) is 0 Å². The number of benzene rings is 9. The zero-order valence-electron chi connectivity index (χ0n) is 30.8. The number of nitriles is 1. The molecule has 0 radical (unpaired) electrons. The van der Waals surface area contributed by atoms with E-state index in [2.05, 4.69) is 174 Å². The van der Waals surface area contributed by atoms with Crippen molar-refractivity contribution in [2.24, 2.45) is 0 Å². The van der Waals surface area contributed by atoms with Crippen LogP contribution in [0, 0.1) is 11.3 Å². The van der Waals surface area contributed by atoms with Crippen molar-refractivity contribution in [2.75, 3.05) is 0 Å². The summed E-state index contributed by atoms with van der Waals surface area (Å²) in [7, 11) is 0. The van der Waals surface area contributed by atoms with Crippen molar-refractivity contribution in [3.8, 4) is 56.8 Å². The summed E-state index contributed by atoms with van der Waals surface area (Å²) >= 11 is 0. The first-order valence-corrected chi connectivity index (χ1v) is 19.1. The lowest BCUT2D eigenvalue weighted by atomic mass is 9.89. The van der Waals surface area contributed by atoms with E-state index in [1.165, 1.54) is 16.2 Å². The molecule has 0 unspecified atom stereocenters. The second-order valence-electron chi connectivity index (χ2n) is 14.5. The zero-order chi connectivity index (χ0) is 37.9. The molecule has 2 aromatic heterocycles. The molecule has 0 spiro atoms. The largest absolute Gasteiger partial charge is 0.309 e. The molecular weight excluding hydrogens is 693 g/mol. The smallest absolute Gasteiger partial charge is 0.161 e. The number of para-hydroxylation sites is 1. The van der Waals surface area contributed by atoms with Gasteiger partial charge in [-0.15, -0.1) is 0 Å². The van der Waals surface area contributed by atoms with E-state index in [0.717, 1.165) is 82.9 Å². The molecule has 0 bridgehead atoms. The van der Waals surface area contributed by atoms with Gasteiger partial charge in [0.2, 0.25) is 0 Å². The summed E-state index contributed by atoms with van der Waals surface area (Å²) < 4.78 is 2.28. The van der Waals surface area contributed by atoms with Gasteiger partial charge < -0.3 is 4.57 Å². The SMILES string of the molecule is N#Cc1ccc2c3ccc(-c4cc5c6ccccc6c(-c6nc(-c7ccccc7)cc(-c7ccccc7)n6)cc5c5ccccc45)cc3n(-c3ccccc3)c2c1. The fourth-order valence-electron chi connectivity index (χ4n) is 8.57. The predicted molar refractivity (Wildman–Crippen MR) is 235 cm³/mol. The standard InChI is InChI=1S/C53H32N4/c54-33-34-24-26-43-44-27-25-37(29-52(44)57(51(43)28-34)38-18-8-3-9-19-38)45-30-46-41-22-12-13-23-42(41)48(31-47(46)40-21-11-10-20-39(40)45)53-55-49(35-14-4-1-5-15-35)32-50(56-53)36-16-6-2-7-17-36/h1-32H. The van der Waals surface area contributed by atoms with Crippen molar-refractivity contribution in [3.63, 3.8) is 0 Å². The number of aromatic nitrogens is 3. The Morgan fingerprint density at radius 1 is 0.368 bits per heavy atom. The van der Waals surface area contributed by atoms with Crippen LogP contribution < -0.4 is 0 Å². The maximum Gasteiger partial charge on any atom is 0.161 e. The monoisotopic (exact) mass is 724 g/mol. The molecular formula is C53H32N4. The third kappa shape index (κ3) is 5.37. The van der Waals surface area contributed by atoms with Gasteiger partial charge in [0, 0.05) is 33.2 Å². The van der Waals surface area contributed by atoms with Gasteiger partial charge in [0.25, 0.3) is 0 Å². The molecule has 11 aromatic rings. The summed E-state index contributed by atoms with van der Waals surface area (Å²) in [6, 6.07) is 70.4. The highest BCUT2D eigenvalue weighted by Gasteiger charge is 2.19. The lowest BCUT2D eigenvalue weighted by Gasteiger charge is -2.16. The molecule has 11 rings (SSSR count). The maximum absolute atomic E-state index is 9.82. The van der Waals surface area contributed by atoms with E-state index in [9.17, 15) is 5.26 Å². The van der Waals surface area contributed by atoms with Crippen LogP contribution in [-0.2, 0) is 0 Å². The van der Waals surface area contributed by atoms with Crippen LogP contribution in [0.15, 0.2) is 194 Å². The van der Waals surface area contributed by atoms with Crippen molar-refractivity contribution < 1.29 is 0 Å². The lowest BCUT2D eigenvalue weighted by molar-refractivity contribution is 1.18. The summed E-state index contributed by atoms with van der Waals surface area (Å²) in [5, 5.41) is 19.0. The molecule has 0 atom stereocenters. The van der Waals surface area contributed by atoms with Gasteiger partial charge in [-0.25, -0.2) is 9.97 Å². The minimum atomic E-state index is 0.642. The molecule has 0 aliphatic carbocycles. The van der Waals surface area contributed by atoms with E-state index in [1.54, 1.807) is 0 Å². The summed E-state index contributed by atoms with van der Waals surface area (Å²) in [6.45, 7) is 0. The summed E-state index contributed by atoms with van der Waals surface area (Å²) in [5.41, 5.74) is 11.0. The molecule has 4 nitrogen and oxygen atoms in total. The Morgan fingerprint density at radius 3 is 1.46 bits per heavy atom. The van der Waals surface area contributed by atoms with Gasteiger partial charge in [-0.2, -0.15) is 5.26 Å². The molecule has 0 aliphatic heterocycles. The third-order valence-electron chi connectivity index (χ3n) is 11.2. The van der Waals surface area contributed by atoms with E-state index in [1.807, 2.05) is 30.3 Å². The Hall–Kier alpha value is -7.87. The highest BCUT2D eigenvalue weighted by atomic mass is 15.0. The second-order valence-corrected chi connectivity index (χ2v) is 14.5. The van der Waals surface area contributed by atoms with Crippen LogP contribution >= 0.6 is 0 Å². The number of hydrogen-bond donors (Lipinski definition) is 0. The highest BCUT2D eigenvalue weighted by Crippen LogP contribution is 2.43. The Labute approximate surface area is 329 Å². The molecule has 0 amide bonds. The molecule has 0 saturated heterocycles. The molecule has 0 N–H and O–H groups in total. The minimum Gasteiger partial charge on any atom is -0.309 e. The number of nitrogens with zero attached hydrogens (tertiary/aromatic N) is 4. The van der Waals surface area contributed by atoms with E-state index < -0.39 is 0 Å². The van der Waals surface area contributed by atoms with Crippen LogP contribution in [0.1, 0.15) is 5.56 Å². The normalized spacial score (nSPS) is 11.5. The van der Waals surface area contributed by atoms with E-state index in [0.29, 0.717) is 11.4 Å². The van der Waals surface area contributed by atoms with Gasteiger partial charge in [0.05, 0.1) is 34.1 Å². The van der Waals surface area contributed by atoms with Crippen molar-refractivity contribution in [1.29, 1.82) is 5.26 Å². The zero-order valence-corrected chi connectivity index (χ0v) is 30.8. The van der Waals surface area contributed by atoms with Crippen molar-refractivity contribution in [1.82, 2.24) is 14.5 Å². The molecule has 2 heterocycles. The Morgan fingerprint density at radius 2 is 0.860 bits per heavy atom. The molecule has 9 aromatic carbocycles. The Bertz CT molecular complexity index is 3340. The second kappa shape index (κ2) is 13.2. The number of hydrogen-bond acceptors (Lipinski definition) is 3. The number of rotatable bonds is 5. The summed E-state index contributed by atoms with van der Waals surface area (Å²) in [6.07, 6.45) is 0. The first kappa shape index (κ1) is 32.6. The van der Waals surface area contributed by atoms with Crippen LogP contribution in [0.25, 0.3) is 105 Å². The van der Waals surface area contributed by atoms with Gasteiger partial charge >= 0.3 is 0 Å². The van der Waals surface area contributed by atoms with Crippen LogP contribution in [0.5, 0.6) is 0 Å². The highest BCUT2D eigenvalue weighted by molar-refractivity contribution is 6.24. The van der Waals surface area contributed by atoms with Gasteiger partial charge in [-0.3, -0.25) is 0 Å². The molecule has 0 fully saturated rings.